The predicted octanol–water partition coefficient (Wildman–Crippen LogP) is 4.14. The van der Waals surface area contributed by atoms with E-state index in [-0.39, 0.29) is 5.54 Å². The summed E-state index contributed by atoms with van der Waals surface area (Å²) >= 11 is 0. The Morgan fingerprint density at radius 2 is 1.79 bits per heavy atom. The van der Waals surface area contributed by atoms with Crippen molar-refractivity contribution in [2.75, 3.05) is 13.2 Å². The van der Waals surface area contributed by atoms with E-state index in [2.05, 4.69) is 26.1 Å². The van der Waals surface area contributed by atoms with E-state index >= 15 is 0 Å². The Labute approximate surface area is 119 Å². The highest BCUT2D eigenvalue weighted by Gasteiger charge is 2.28. The lowest BCUT2D eigenvalue weighted by atomic mass is 9.89. The molecule has 2 nitrogen and oxygen atoms in total. The summed E-state index contributed by atoms with van der Waals surface area (Å²) in [5, 5.41) is 3.70. The van der Waals surface area contributed by atoms with Crippen LogP contribution in [0.25, 0.3) is 0 Å². The van der Waals surface area contributed by atoms with Crippen LogP contribution in [0, 0.1) is 11.8 Å². The van der Waals surface area contributed by atoms with Crippen molar-refractivity contribution in [3.05, 3.63) is 0 Å². The molecule has 0 aromatic heterocycles. The molecule has 0 bridgehead atoms. The molecule has 1 aliphatic heterocycles. The zero-order chi connectivity index (χ0) is 13.7. The molecule has 3 atom stereocenters. The normalized spacial score (nSPS) is 32.1. The van der Waals surface area contributed by atoms with Crippen LogP contribution < -0.4 is 5.32 Å². The van der Waals surface area contributed by atoms with Gasteiger partial charge in [0.1, 0.15) is 0 Å². The first-order valence-corrected chi connectivity index (χ1v) is 8.41. The summed E-state index contributed by atoms with van der Waals surface area (Å²) in [4.78, 5) is 0. The summed E-state index contributed by atoms with van der Waals surface area (Å²) in [6, 6.07) is 0. The highest BCUT2D eigenvalue weighted by atomic mass is 16.5. The third-order valence-electron chi connectivity index (χ3n) is 4.84. The molecular formula is C17H33NO. The van der Waals surface area contributed by atoms with Crippen LogP contribution in [0.5, 0.6) is 0 Å². The molecule has 0 spiro atoms. The van der Waals surface area contributed by atoms with Crippen molar-refractivity contribution in [3.8, 4) is 0 Å². The van der Waals surface area contributed by atoms with Crippen molar-refractivity contribution in [2.24, 2.45) is 11.8 Å². The second kappa shape index (κ2) is 7.08. The first-order valence-electron chi connectivity index (χ1n) is 8.41. The van der Waals surface area contributed by atoms with Gasteiger partial charge in [-0.3, -0.25) is 0 Å². The molecule has 3 unspecified atom stereocenters. The van der Waals surface area contributed by atoms with Crippen LogP contribution in [0.15, 0.2) is 0 Å². The van der Waals surface area contributed by atoms with Crippen molar-refractivity contribution in [3.63, 3.8) is 0 Å². The van der Waals surface area contributed by atoms with Crippen molar-refractivity contribution in [2.45, 2.75) is 83.8 Å². The fourth-order valence-corrected chi connectivity index (χ4v) is 3.68. The first-order chi connectivity index (χ1) is 9.04. The summed E-state index contributed by atoms with van der Waals surface area (Å²) in [7, 11) is 0. The van der Waals surface area contributed by atoms with Gasteiger partial charge in [0.05, 0.1) is 6.10 Å². The van der Waals surface area contributed by atoms with E-state index in [1.807, 2.05) is 0 Å². The second-order valence-corrected chi connectivity index (χ2v) is 7.65. The third-order valence-corrected chi connectivity index (χ3v) is 4.84. The Morgan fingerprint density at radius 1 is 1.00 bits per heavy atom. The van der Waals surface area contributed by atoms with Crippen LogP contribution in [0.3, 0.4) is 0 Å². The number of rotatable bonds is 6. The lowest BCUT2D eigenvalue weighted by Crippen LogP contribution is -2.39. The molecular weight excluding hydrogens is 234 g/mol. The number of ether oxygens (including phenoxy) is 1. The molecule has 2 aliphatic rings. The van der Waals surface area contributed by atoms with Gasteiger partial charge in [-0.1, -0.05) is 25.7 Å². The smallest absolute Gasteiger partial charge is 0.0576 e. The fourth-order valence-electron chi connectivity index (χ4n) is 3.68. The minimum absolute atomic E-state index is 0.269. The molecule has 0 aromatic rings. The maximum atomic E-state index is 5.72. The highest BCUT2D eigenvalue weighted by molar-refractivity contribution is 4.82. The van der Waals surface area contributed by atoms with Gasteiger partial charge in [-0.05, 0) is 64.8 Å². The lowest BCUT2D eigenvalue weighted by molar-refractivity contribution is 0.0999. The van der Waals surface area contributed by atoms with E-state index in [9.17, 15) is 0 Å². The van der Waals surface area contributed by atoms with Crippen LogP contribution in [-0.4, -0.2) is 24.8 Å². The summed E-state index contributed by atoms with van der Waals surface area (Å²) in [6.45, 7) is 9.04. The van der Waals surface area contributed by atoms with Gasteiger partial charge in [0.2, 0.25) is 0 Å². The fraction of sp³-hybridized carbons (Fsp3) is 1.00. The molecule has 2 fully saturated rings. The molecule has 1 saturated heterocycles. The average Bonchev–Trinajstić information content (AvgIpc) is 2.96. The summed E-state index contributed by atoms with van der Waals surface area (Å²) in [5.74, 6) is 1.89. The molecule has 1 N–H and O–H groups in total. The number of nitrogens with one attached hydrogen (secondary N) is 1. The quantitative estimate of drug-likeness (QED) is 0.781. The van der Waals surface area contributed by atoms with Crippen LogP contribution in [0.2, 0.25) is 0 Å². The van der Waals surface area contributed by atoms with Gasteiger partial charge in [-0.25, -0.2) is 0 Å². The van der Waals surface area contributed by atoms with Crippen molar-refractivity contribution in [1.29, 1.82) is 0 Å². The monoisotopic (exact) mass is 267 g/mol. The Kier molecular flexibility index (Phi) is 5.70. The molecule has 2 rings (SSSR count). The molecule has 19 heavy (non-hydrogen) atoms. The van der Waals surface area contributed by atoms with Gasteiger partial charge in [0.15, 0.2) is 0 Å². The summed E-state index contributed by atoms with van der Waals surface area (Å²) in [6.07, 6.45) is 11.6. The SMILES string of the molecule is CC(C)(C)NCC1CCCC1CCCC1CCCO1. The lowest BCUT2D eigenvalue weighted by Gasteiger charge is -2.26. The van der Waals surface area contributed by atoms with E-state index in [0.717, 1.165) is 18.4 Å². The van der Waals surface area contributed by atoms with Crippen LogP contribution >= 0.6 is 0 Å². The largest absolute Gasteiger partial charge is 0.378 e. The number of hydrogen-bond acceptors (Lipinski definition) is 2. The van der Waals surface area contributed by atoms with Gasteiger partial charge in [-0.15, -0.1) is 0 Å². The summed E-state index contributed by atoms with van der Waals surface area (Å²) in [5.41, 5.74) is 0.269. The first kappa shape index (κ1) is 15.3. The van der Waals surface area contributed by atoms with Crippen LogP contribution in [-0.2, 0) is 4.74 Å². The van der Waals surface area contributed by atoms with Gasteiger partial charge in [-0.2, -0.15) is 0 Å². The maximum absolute atomic E-state index is 5.72. The van der Waals surface area contributed by atoms with Crippen molar-refractivity contribution < 1.29 is 4.74 Å². The predicted molar refractivity (Wildman–Crippen MR) is 81.4 cm³/mol. The molecule has 1 aliphatic carbocycles. The Morgan fingerprint density at radius 3 is 2.47 bits per heavy atom. The van der Waals surface area contributed by atoms with E-state index in [1.54, 1.807) is 0 Å². The molecule has 2 heteroatoms. The molecule has 0 aromatic carbocycles. The molecule has 112 valence electrons. The minimum atomic E-state index is 0.269. The Hall–Kier alpha value is -0.0800. The van der Waals surface area contributed by atoms with E-state index in [0.29, 0.717) is 6.10 Å². The van der Waals surface area contributed by atoms with E-state index in [1.165, 1.54) is 57.9 Å². The van der Waals surface area contributed by atoms with Gasteiger partial charge >= 0.3 is 0 Å². The molecule has 1 heterocycles. The Balaban J connectivity index is 1.63. The van der Waals surface area contributed by atoms with E-state index in [4.69, 9.17) is 4.74 Å². The number of hydrogen-bond donors (Lipinski definition) is 1. The topological polar surface area (TPSA) is 21.3 Å². The van der Waals surface area contributed by atoms with Crippen molar-refractivity contribution in [1.82, 2.24) is 5.32 Å². The highest BCUT2D eigenvalue weighted by Crippen LogP contribution is 2.35. The van der Waals surface area contributed by atoms with Crippen LogP contribution in [0.1, 0.15) is 72.1 Å². The molecule has 0 radical (unpaired) electrons. The van der Waals surface area contributed by atoms with E-state index < -0.39 is 0 Å². The molecule has 0 amide bonds. The zero-order valence-corrected chi connectivity index (χ0v) is 13.2. The zero-order valence-electron chi connectivity index (χ0n) is 13.2. The second-order valence-electron chi connectivity index (χ2n) is 7.65. The van der Waals surface area contributed by atoms with Gasteiger partial charge in [0.25, 0.3) is 0 Å². The Bertz CT molecular complexity index is 252. The average molecular weight is 267 g/mol. The third kappa shape index (κ3) is 5.43. The van der Waals surface area contributed by atoms with Gasteiger partial charge < -0.3 is 10.1 Å². The van der Waals surface area contributed by atoms with Gasteiger partial charge in [0, 0.05) is 12.1 Å². The van der Waals surface area contributed by atoms with Crippen molar-refractivity contribution >= 4 is 0 Å². The molecule has 1 saturated carbocycles. The standard InChI is InChI=1S/C17H33NO/c1-17(2,3)18-13-15-9-4-7-14(15)8-5-10-16-11-6-12-19-16/h14-16,18H,4-13H2,1-3H3. The summed E-state index contributed by atoms with van der Waals surface area (Å²) < 4.78 is 5.72. The minimum Gasteiger partial charge on any atom is -0.378 e. The van der Waals surface area contributed by atoms with Crippen LogP contribution in [0.4, 0.5) is 0 Å². The maximum Gasteiger partial charge on any atom is 0.0576 e.